The molecule has 0 aliphatic carbocycles. The van der Waals surface area contributed by atoms with E-state index in [4.69, 9.17) is 10.7 Å². The number of hydrogen-bond acceptors (Lipinski definition) is 4. The highest BCUT2D eigenvalue weighted by molar-refractivity contribution is 8.15. The largest absolute Gasteiger partial charge is 0.349 e. The Kier molecular flexibility index (Phi) is 5.82. The molecule has 1 unspecified atom stereocenters. The maximum atomic E-state index is 11.7. The maximum Gasteiger partial charge on any atom is 0.270 e. The minimum Gasteiger partial charge on any atom is -0.349 e. The van der Waals surface area contributed by atoms with Crippen LogP contribution in [0.25, 0.3) is 0 Å². The number of carbonyl (C=O) groups is 1. The first-order valence-corrected chi connectivity index (χ1v) is 9.16. The fourth-order valence-electron chi connectivity index (χ4n) is 1.50. The van der Waals surface area contributed by atoms with Gasteiger partial charge in [0.1, 0.15) is 4.21 Å². The molecule has 0 radical (unpaired) electrons. The van der Waals surface area contributed by atoms with Crippen molar-refractivity contribution >= 4 is 37.0 Å². The van der Waals surface area contributed by atoms with Crippen LogP contribution in [0.15, 0.2) is 16.3 Å². The SMILES string of the molecule is CC(C)CCC(=O)NC(C)c1ccc(S(=O)(=O)Cl)s1. The van der Waals surface area contributed by atoms with Gasteiger partial charge in [0, 0.05) is 22.0 Å². The summed E-state index contributed by atoms with van der Waals surface area (Å²) >= 11 is 1.08. The van der Waals surface area contributed by atoms with Crippen LogP contribution in [0, 0.1) is 5.92 Å². The fraction of sp³-hybridized carbons (Fsp3) is 0.583. The topological polar surface area (TPSA) is 63.2 Å². The van der Waals surface area contributed by atoms with E-state index in [-0.39, 0.29) is 16.2 Å². The van der Waals surface area contributed by atoms with Gasteiger partial charge in [-0.3, -0.25) is 4.79 Å². The third-order valence-corrected chi connectivity index (χ3v) is 5.96. The van der Waals surface area contributed by atoms with Crippen LogP contribution in [0.5, 0.6) is 0 Å². The van der Waals surface area contributed by atoms with E-state index in [1.54, 1.807) is 6.07 Å². The minimum atomic E-state index is -3.69. The second-order valence-electron chi connectivity index (χ2n) is 4.82. The molecule has 1 heterocycles. The van der Waals surface area contributed by atoms with Gasteiger partial charge in [-0.05, 0) is 31.4 Å². The highest BCUT2D eigenvalue weighted by Crippen LogP contribution is 2.28. The molecule has 1 aromatic heterocycles. The number of carbonyl (C=O) groups excluding carboxylic acids is 1. The van der Waals surface area contributed by atoms with Crippen molar-refractivity contribution in [2.24, 2.45) is 5.92 Å². The van der Waals surface area contributed by atoms with Crippen LogP contribution in [0.1, 0.15) is 44.5 Å². The molecule has 108 valence electrons. The summed E-state index contributed by atoms with van der Waals surface area (Å²) in [5.41, 5.74) is 0. The van der Waals surface area contributed by atoms with Crippen LogP contribution in [-0.2, 0) is 13.8 Å². The van der Waals surface area contributed by atoms with Crippen LogP contribution in [0.4, 0.5) is 0 Å². The Bertz CT molecular complexity index is 537. The van der Waals surface area contributed by atoms with Crippen molar-refractivity contribution in [2.45, 2.75) is 43.9 Å². The van der Waals surface area contributed by atoms with E-state index in [1.807, 2.05) is 6.92 Å². The second kappa shape index (κ2) is 6.72. The summed E-state index contributed by atoms with van der Waals surface area (Å²) in [5, 5.41) is 2.85. The first-order valence-electron chi connectivity index (χ1n) is 6.04. The zero-order chi connectivity index (χ0) is 14.6. The number of nitrogens with one attached hydrogen (secondary N) is 1. The summed E-state index contributed by atoms with van der Waals surface area (Å²) < 4.78 is 22.4. The predicted molar refractivity (Wildman–Crippen MR) is 78.0 cm³/mol. The van der Waals surface area contributed by atoms with Crippen LogP contribution < -0.4 is 5.32 Å². The summed E-state index contributed by atoms with van der Waals surface area (Å²) in [6.07, 6.45) is 1.32. The van der Waals surface area contributed by atoms with Gasteiger partial charge in [0.15, 0.2) is 0 Å². The zero-order valence-corrected chi connectivity index (χ0v) is 13.5. The Morgan fingerprint density at radius 1 is 1.37 bits per heavy atom. The van der Waals surface area contributed by atoms with Crippen molar-refractivity contribution in [1.82, 2.24) is 5.32 Å². The van der Waals surface area contributed by atoms with Crippen LogP contribution in [0.3, 0.4) is 0 Å². The molecule has 0 fully saturated rings. The maximum absolute atomic E-state index is 11.7. The third kappa shape index (κ3) is 5.50. The molecule has 4 nitrogen and oxygen atoms in total. The standard InChI is InChI=1S/C12H18ClNO3S2/c1-8(2)4-6-11(15)14-9(3)10-5-7-12(18-10)19(13,16)17/h5,7-9H,4,6H2,1-3H3,(H,14,15). The summed E-state index contributed by atoms with van der Waals surface area (Å²) in [7, 11) is 1.57. The lowest BCUT2D eigenvalue weighted by Gasteiger charge is -2.12. The fourth-order valence-corrected chi connectivity index (χ4v) is 3.60. The second-order valence-corrected chi connectivity index (χ2v) is 8.72. The van der Waals surface area contributed by atoms with E-state index in [9.17, 15) is 13.2 Å². The summed E-state index contributed by atoms with van der Waals surface area (Å²) in [5.74, 6) is 0.459. The zero-order valence-electron chi connectivity index (χ0n) is 11.1. The quantitative estimate of drug-likeness (QED) is 0.817. The molecule has 0 aliphatic rings. The predicted octanol–water partition coefficient (Wildman–Crippen LogP) is 3.29. The van der Waals surface area contributed by atoms with Gasteiger partial charge in [0.05, 0.1) is 6.04 Å². The number of amides is 1. The molecule has 1 N–H and O–H groups in total. The number of hydrogen-bond donors (Lipinski definition) is 1. The first-order chi connectivity index (χ1) is 8.70. The smallest absolute Gasteiger partial charge is 0.270 e. The molecule has 19 heavy (non-hydrogen) atoms. The van der Waals surface area contributed by atoms with Gasteiger partial charge in [0.2, 0.25) is 5.91 Å². The molecular formula is C12H18ClNO3S2. The Morgan fingerprint density at radius 3 is 2.47 bits per heavy atom. The van der Waals surface area contributed by atoms with Crippen LogP contribution >= 0.6 is 22.0 Å². The molecule has 1 amide bonds. The van der Waals surface area contributed by atoms with Crippen molar-refractivity contribution in [3.05, 3.63) is 17.0 Å². The molecule has 1 rings (SSSR count). The summed E-state index contributed by atoms with van der Waals surface area (Å²) in [6.45, 7) is 5.95. The van der Waals surface area contributed by atoms with Gasteiger partial charge >= 0.3 is 0 Å². The number of thiophene rings is 1. The minimum absolute atomic E-state index is 0.0233. The molecule has 0 aromatic carbocycles. The normalized spacial score (nSPS) is 13.5. The van der Waals surface area contributed by atoms with Gasteiger partial charge in [-0.25, -0.2) is 8.42 Å². The van der Waals surface area contributed by atoms with Gasteiger partial charge < -0.3 is 5.32 Å². The lowest BCUT2D eigenvalue weighted by Crippen LogP contribution is -2.26. The molecule has 1 atom stereocenters. The van der Waals surface area contributed by atoms with Gasteiger partial charge in [0.25, 0.3) is 9.05 Å². The average molecular weight is 324 g/mol. The molecule has 7 heteroatoms. The molecule has 0 bridgehead atoms. The van der Waals surface area contributed by atoms with E-state index < -0.39 is 9.05 Å². The average Bonchev–Trinajstić information content (AvgIpc) is 2.75. The Morgan fingerprint density at radius 2 is 2.00 bits per heavy atom. The Hall–Kier alpha value is -0.590. The summed E-state index contributed by atoms with van der Waals surface area (Å²) in [4.78, 5) is 12.5. The monoisotopic (exact) mass is 323 g/mol. The Labute approximate surface area is 122 Å². The van der Waals surface area contributed by atoms with Crippen LogP contribution in [-0.4, -0.2) is 14.3 Å². The molecule has 1 aromatic rings. The first kappa shape index (κ1) is 16.5. The number of halogens is 1. The van der Waals surface area contributed by atoms with E-state index >= 15 is 0 Å². The molecular weight excluding hydrogens is 306 g/mol. The van der Waals surface area contributed by atoms with Gasteiger partial charge in [-0.2, -0.15) is 0 Å². The van der Waals surface area contributed by atoms with Crippen molar-refractivity contribution in [3.63, 3.8) is 0 Å². The highest BCUT2D eigenvalue weighted by Gasteiger charge is 2.17. The van der Waals surface area contributed by atoms with E-state index in [1.165, 1.54) is 6.07 Å². The van der Waals surface area contributed by atoms with E-state index in [0.717, 1.165) is 22.6 Å². The van der Waals surface area contributed by atoms with Crippen LogP contribution in [0.2, 0.25) is 0 Å². The number of rotatable bonds is 6. The van der Waals surface area contributed by atoms with Gasteiger partial charge in [-0.1, -0.05) is 13.8 Å². The lowest BCUT2D eigenvalue weighted by atomic mass is 10.1. The molecule has 0 aliphatic heterocycles. The van der Waals surface area contributed by atoms with Crippen molar-refractivity contribution in [3.8, 4) is 0 Å². The molecule has 0 saturated heterocycles. The lowest BCUT2D eigenvalue weighted by molar-refractivity contribution is -0.122. The third-order valence-electron chi connectivity index (χ3n) is 2.60. The van der Waals surface area contributed by atoms with E-state index in [0.29, 0.717) is 12.3 Å². The summed E-state index contributed by atoms with van der Waals surface area (Å²) in [6, 6.07) is 2.92. The molecule has 0 spiro atoms. The highest BCUT2D eigenvalue weighted by atomic mass is 35.7. The van der Waals surface area contributed by atoms with Crippen molar-refractivity contribution < 1.29 is 13.2 Å². The van der Waals surface area contributed by atoms with Gasteiger partial charge in [-0.15, -0.1) is 11.3 Å². The van der Waals surface area contributed by atoms with Crippen molar-refractivity contribution in [2.75, 3.05) is 0 Å². The van der Waals surface area contributed by atoms with Crippen molar-refractivity contribution in [1.29, 1.82) is 0 Å². The Balaban J connectivity index is 2.61. The van der Waals surface area contributed by atoms with E-state index in [2.05, 4.69) is 19.2 Å². The molecule has 0 saturated carbocycles.